The van der Waals surface area contributed by atoms with Crippen LogP contribution >= 0.6 is 23.2 Å². The highest BCUT2D eigenvalue weighted by Gasteiger charge is 2.37. The number of aromatic amines is 2. The molecule has 4 aliphatic rings. The van der Waals surface area contributed by atoms with E-state index in [0.717, 1.165) is 83.6 Å². The number of pyridine rings is 2. The summed E-state index contributed by atoms with van der Waals surface area (Å²) in [5.41, 5.74) is 13.2. The van der Waals surface area contributed by atoms with Crippen molar-refractivity contribution in [3.63, 3.8) is 0 Å². The molecule has 0 amide bonds. The van der Waals surface area contributed by atoms with Crippen LogP contribution in [0.4, 0.5) is 0 Å². The molecular formula is C50H52Cl2N8O4S2. The van der Waals surface area contributed by atoms with Crippen molar-refractivity contribution in [2.24, 2.45) is 11.8 Å². The molecule has 2 aromatic carbocycles. The number of benzene rings is 2. The lowest BCUT2D eigenvalue weighted by Gasteiger charge is -2.35. The second kappa shape index (κ2) is 19.6. The summed E-state index contributed by atoms with van der Waals surface area (Å²) in [5, 5.41) is 1.40. The lowest BCUT2D eigenvalue weighted by Crippen LogP contribution is -2.39. The van der Waals surface area contributed by atoms with Crippen molar-refractivity contribution in [2.75, 3.05) is 38.7 Å². The van der Waals surface area contributed by atoms with Crippen LogP contribution in [0.1, 0.15) is 100 Å². The Morgan fingerprint density at radius 2 is 1.18 bits per heavy atom. The normalized spacial score (nSPS) is 19.6. The van der Waals surface area contributed by atoms with Crippen LogP contribution in [0.25, 0.3) is 29.4 Å². The maximum absolute atomic E-state index is 12.1. The van der Waals surface area contributed by atoms with Crippen LogP contribution in [0.2, 0.25) is 10.0 Å². The van der Waals surface area contributed by atoms with E-state index in [2.05, 4.69) is 62.4 Å². The van der Waals surface area contributed by atoms with Crippen molar-refractivity contribution >= 4 is 72.6 Å². The third-order valence-corrected chi connectivity index (χ3v) is 16.5. The number of allylic oxidation sites excluding steroid dienone is 3. The van der Waals surface area contributed by atoms with E-state index in [-0.39, 0.29) is 17.8 Å². The molecule has 2 aliphatic carbocycles. The fourth-order valence-electron chi connectivity index (χ4n) is 10.2. The molecule has 342 valence electrons. The number of hydrogen-bond donors (Lipinski definition) is 2. The number of rotatable bonds is 9. The van der Waals surface area contributed by atoms with Crippen LogP contribution in [0.3, 0.4) is 0 Å². The van der Waals surface area contributed by atoms with E-state index in [1.165, 1.54) is 34.8 Å². The average Bonchev–Trinajstić information content (AvgIpc) is 3.99. The smallest absolute Gasteiger partial charge is 0.211 e. The Balaban J connectivity index is 0.000000166. The first-order valence-corrected chi connectivity index (χ1v) is 26.7. The number of H-pyrrole nitrogens is 2. The van der Waals surface area contributed by atoms with Gasteiger partial charge < -0.3 is 9.97 Å². The van der Waals surface area contributed by atoms with Gasteiger partial charge in [-0.2, -0.15) is 0 Å². The molecule has 0 radical (unpaired) electrons. The fraction of sp³-hybridized carbons (Fsp3) is 0.320. The van der Waals surface area contributed by atoms with Gasteiger partial charge >= 0.3 is 0 Å². The van der Waals surface area contributed by atoms with Crippen LogP contribution < -0.4 is 0 Å². The van der Waals surface area contributed by atoms with Crippen molar-refractivity contribution in [3.8, 4) is 0 Å². The number of aromatic nitrogens is 6. The second-order valence-corrected chi connectivity index (χ2v) is 22.4. The number of piperidine rings is 2. The summed E-state index contributed by atoms with van der Waals surface area (Å²) >= 11 is 12.8. The van der Waals surface area contributed by atoms with Gasteiger partial charge in [0.2, 0.25) is 20.0 Å². The summed E-state index contributed by atoms with van der Waals surface area (Å²) in [6.45, 7) is 2.16. The van der Waals surface area contributed by atoms with E-state index in [4.69, 9.17) is 33.2 Å². The van der Waals surface area contributed by atoms with Gasteiger partial charge in [-0.05, 0) is 138 Å². The third-order valence-electron chi connectivity index (χ3n) is 13.4. The Hall–Kier alpha value is -5.22. The van der Waals surface area contributed by atoms with Crippen molar-refractivity contribution in [3.05, 3.63) is 170 Å². The number of hydrogen-bond acceptors (Lipinski definition) is 8. The molecule has 0 saturated carbocycles. The first-order valence-electron chi connectivity index (χ1n) is 22.3. The fourth-order valence-corrected chi connectivity index (χ4v) is 12.3. The van der Waals surface area contributed by atoms with Gasteiger partial charge in [0, 0.05) is 77.9 Å². The van der Waals surface area contributed by atoms with Crippen LogP contribution in [0, 0.1) is 11.8 Å². The molecule has 12 nitrogen and oxygen atoms in total. The van der Waals surface area contributed by atoms with E-state index in [1.54, 1.807) is 27.5 Å². The van der Waals surface area contributed by atoms with Crippen LogP contribution in [0.5, 0.6) is 0 Å². The molecule has 2 atom stereocenters. The van der Waals surface area contributed by atoms with Gasteiger partial charge in [-0.3, -0.25) is 9.97 Å². The number of fused-ring (bicyclic) bond motifs is 4. The Kier molecular flexibility index (Phi) is 13.6. The first-order chi connectivity index (χ1) is 31.8. The van der Waals surface area contributed by atoms with Crippen molar-refractivity contribution in [2.45, 2.75) is 50.4 Å². The topological polar surface area (TPSA) is 158 Å². The van der Waals surface area contributed by atoms with E-state index < -0.39 is 20.0 Å². The van der Waals surface area contributed by atoms with Crippen molar-refractivity contribution in [1.29, 1.82) is 0 Å². The Bertz CT molecular complexity index is 3010. The van der Waals surface area contributed by atoms with Gasteiger partial charge in [-0.15, -0.1) is 0 Å². The SMILES string of the molecule is CS(=O)(=O)N1CCC(C2c3ccc(Cl)cc3C=C(/C=C/c3cnc[nH]3)c3cccnc32)CC1.CS(=O)(=O)N1CCC(C2c3ccc(Cl)cc3C=C(CCc3cnc[nH]3)c3cccnc32)CC1. The molecule has 4 aromatic heterocycles. The molecule has 66 heavy (non-hydrogen) atoms. The maximum Gasteiger partial charge on any atom is 0.211 e. The van der Waals surface area contributed by atoms with Crippen molar-refractivity contribution < 1.29 is 16.8 Å². The molecule has 16 heteroatoms. The summed E-state index contributed by atoms with van der Waals surface area (Å²) in [6, 6.07) is 20.4. The molecular weight excluding hydrogens is 912 g/mol. The second-order valence-electron chi connectivity index (χ2n) is 17.6. The number of halogens is 2. The number of nitrogens with one attached hydrogen (secondary N) is 2. The van der Waals surface area contributed by atoms with E-state index >= 15 is 0 Å². The largest absolute Gasteiger partial charge is 0.348 e. The lowest BCUT2D eigenvalue weighted by atomic mass is 9.76. The predicted molar refractivity (Wildman–Crippen MR) is 264 cm³/mol. The molecule has 2 saturated heterocycles. The molecule has 2 N–H and O–H groups in total. The zero-order chi connectivity index (χ0) is 46.0. The van der Waals surface area contributed by atoms with E-state index in [0.29, 0.717) is 42.1 Å². The zero-order valence-corrected chi connectivity index (χ0v) is 40.0. The zero-order valence-electron chi connectivity index (χ0n) is 36.8. The molecule has 0 bridgehead atoms. The van der Waals surface area contributed by atoms with Gasteiger partial charge in [0.05, 0.1) is 48.4 Å². The molecule has 2 unspecified atom stereocenters. The highest BCUT2D eigenvalue weighted by Crippen LogP contribution is 2.47. The van der Waals surface area contributed by atoms with Crippen LogP contribution in [-0.4, -0.2) is 94.0 Å². The Labute approximate surface area is 397 Å². The van der Waals surface area contributed by atoms with Gasteiger partial charge in [-0.25, -0.2) is 35.4 Å². The van der Waals surface area contributed by atoms with Gasteiger partial charge in [-0.1, -0.05) is 59.6 Å². The Morgan fingerprint density at radius 1 is 0.652 bits per heavy atom. The summed E-state index contributed by atoms with van der Waals surface area (Å²) in [4.78, 5) is 24.3. The highest BCUT2D eigenvalue weighted by atomic mass is 35.5. The molecule has 6 heterocycles. The van der Waals surface area contributed by atoms with Gasteiger partial charge in [0.25, 0.3) is 0 Å². The summed E-state index contributed by atoms with van der Waals surface area (Å²) < 4.78 is 51.4. The standard InChI is InChI=1S/C25H27ClN4O2S.C25H25ClN4O2S/c2*1-33(31,32)30-11-8-17(9-12-30)24-22-7-5-20(26)14-19(22)13-18(4-6-21-15-27-16-29-21)23-3-2-10-28-25(23)24/h2-3,5,7,10,13-17,24H,4,6,8-9,11-12H2,1H3,(H,27,29);2-7,10,13-17,24H,8-9,11-12H2,1H3,(H,27,29)/b;6-4+. The summed E-state index contributed by atoms with van der Waals surface area (Å²) in [7, 11) is -6.35. The maximum atomic E-state index is 12.1. The summed E-state index contributed by atoms with van der Waals surface area (Å²) in [5.74, 6) is 0.735. The Morgan fingerprint density at radius 3 is 1.71 bits per heavy atom. The monoisotopic (exact) mass is 962 g/mol. The minimum atomic E-state index is -3.18. The number of sulfonamides is 2. The predicted octanol–water partition coefficient (Wildman–Crippen LogP) is 9.58. The average molecular weight is 964 g/mol. The quantitative estimate of drug-likeness (QED) is 0.145. The minimum Gasteiger partial charge on any atom is -0.348 e. The number of nitrogens with zero attached hydrogens (tertiary/aromatic N) is 6. The molecule has 10 rings (SSSR count). The summed E-state index contributed by atoms with van der Waals surface area (Å²) in [6.07, 6.45) is 26.7. The minimum absolute atomic E-state index is 0.0597. The molecule has 2 fully saturated rings. The lowest BCUT2D eigenvalue weighted by molar-refractivity contribution is 0.256. The van der Waals surface area contributed by atoms with Gasteiger partial charge in [0.1, 0.15) is 0 Å². The molecule has 2 aliphatic heterocycles. The molecule has 0 spiro atoms. The van der Waals surface area contributed by atoms with Gasteiger partial charge in [0.15, 0.2) is 0 Å². The van der Waals surface area contributed by atoms with Crippen LogP contribution in [0.15, 0.2) is 104 Å². The first kappa shape index (κ1) is 45.9. The molecule has 6 aromatic rings. The number of imidazole rings is 2. The van der Waals surface area contributed by atoms with E-state index in [9.17, 15) is 16.8 Å². The number of aryl methyl sites for hydroxylation is 1. The van der Waals surface area contributed by atoms with Crippen LogP contribution in [-0.2, 0) is 26.5 Å². The van der Waals surface area contributed by atoms with E-state index in [1.807, 2.05) is 61.1 Å². The highest BCUT2D eigenvalue weighted by molar-refractivity contribution is 7.88. The third kappa shape index (κ3) is 10.2. The van der Waals surface area contributed by atoms with Crippen molar-refractivity contribution in [1.82, 2.24) is 38.5 Å².